The molecule has 0 spiro atoms. The number of thiazole rings is 1. The summed E-state index contributed by atoms with van der Waals surface area (Å²) in [6.45, 7) is 4.54. The van der Waals surface area contributed by atoms with Crippen molar-refractivity contribution in [2.75, 3.05) is 13.6 Å². The van der Waals surface area contributed by atoms with Gasteiger partial charge in [-0.25, -0.2) is 4.98 Å². The van der Waals surface area contributed by atoms with E-state index in [1.165, 1.54) is 4.88 Å². The van der Waals surface area contributed by atoms with Crippen LogP contribution in [0, 0.1) is 13.8 Å². The molecular weight excluding hydrogens is 172 g/mol. The fourth-order valence-corrected chi connectivity index (χ4v) is 1.83. The van der Waals surface area contributed by atoms with Gasteiger partial charge in [0.15, 0.2) is 0 Å². The second-order valence-corrected chi connectivity index (χ2v) is 4.00. The smallest absolute Gasteiger partial charge is 0.123 e. The molecule has 1 atom stereocenters. The summed E-state index contributed by atoms with van der Waals surface area (Å²) in [4.78, 5) is 5.44. The van der Waals surface area contributed by atoms with Gasteiger partial charge in [0.25, 0.3) is 0 Å². The second-order valence-electron chi connectivity index (χ2n) is 2.77. The first-order valence-corrected chi connectivity index (χ1v) is 4.73. The molecule has 0 aromatic carbocycles. The van der Waals surface area contributed by atoms with Crippen molar-refractivity contribution in [2.24, 2.45) is 0 Å². The molecule has 0 saturated heterocycles. The molecule has 1 heterocycles. The Balaban J connectivity index is 2.74. The molecular formula is C8H14N2OS. The molecule has 0 saturated carbocycles. The van der Waals surface area contributed by atoms with Gasteiger partial charge in [-0.1, -0.05) is 0 Å². The van der Waals surface area contributed by atoms with E-state index in [0.29, 0.717) is 6.54 Å². The van der Waals surface area contributed by atoms with Crippen LogP contribution in [0.3, 0.4) is 0 Å². The van der Waals surface area contributed by atoms with Gasteiger partial charge in [0.05, 0.1) is 5.69 Å². The van der Waals surface area contributed by atoms with Gasteiger partial charge in [-0.3, -0.25) is 0 Å². The Hall–Kier alpha value is -0.450. The van der Waals surface area contributed by atoms with Crippen LogP contribution in [0.1, 0.15) is 21.7 Å². The molecule has 0 aliphatic rings. The van der Waals surface area contributed by atoms with E-state index in [0.717, 1.165) is 10.7 Å². The molecule has 0 bridgehead atoms. The van der Waals surface area contributed by atoms with Crippen LogP contribution in [0.2, 0.25) is 0 Å². The number of aromatic nitrogens is 1. The van der Waals surface area contributed by atoms with Crippen LogP contribution in [0.15, 0.2) is 0 Å². The van der Waals surface area contributed by atoms with Crippen molar-refractivity contribution in [1.29, 1.82) is 0 Å². The number of nitrogens with zero attached hydrogens (tertiary/aromatic N) is 1. The summed E-state index contributed by atoms with van der Waals surface area (Å²) >= 11 is 1.56. The lowest BCUT2D eigenvalue weighted by molar-refractivity contribution is 0.177. The predicted molar refractivity (Wildman–Crippen MR) is 50.5 cm³/mol. The van der Waals surface area contributed by atoms with Gasteiger partial charge >= 0.3 is 0 Å². The van der Waals surface area contributed by atoms with Crippen LogP contribution < -0.4 is 5.32 Å². The maximum absolute atomic E-state index is 9.54. The van der Waals surface area contributed by atoms with Crippen molar-refractivity contribution in [2.45, 2.75) is 20.0 Å². The number of likely N-dealkylation sites (N-methyl/N-ethyl adjacent to an activating group) is 1. The molecule has 0 fully saturated rings. The molecule has 0 aliphatic heterocycles. The van der Waals surface area contributed by atoms with Crippen molar-refractivity contribution >= 4 is 11.3 Å². The average Bonchev–Trinajstić information content (AvgIpc) is 2.33. The Morgan fingerprint density at radius 2 is 2.25 bits per heavy atom. The van der Waals surface area contributed by atoms with Gasteiger partial charge in [-0.15, -0.1) is 11.3 Å². The van der Waals surface area contributed by atoms with Crippen molar-refractivity contribution in [3.8, 4) is 0 Å². The highest BCUT2D eigenvalue weighted by molar-refractivity contribution is 7.11. The Kier molecular flexibility index (Phi) is 3.20. The number of nitrogens with one attached hydrogen (secondary N) is 1. The lowest BCUT2D eigenvalue weighted by Gasteiger charge is -2.04. The first-order chi connectivity index (χ1) is 5.65. The van der Waals surface area contributed by atoms with Crippen LogP contribution in [-0.4, -0.2) is 23.7 Å². The van der Waals surface area contributed by atoms with E-state index in [1.807, 2.05) is 20.9 Å². The fraction of sp³-hybridized carbons (Fsp3) is 0.625. The normalized spacial score (nSPS) is 13.3. The average molecular weight is 186 g/mol. The van der Waals surface area contributed by atoms with E-state index >= 15 is 0 Å². The highest BCUT2D eigenvalue weighted by Gasteiger charge is 2.11. The maximum Gasteiger partial charge on any atom is 0.123 e. The van der Waals surface area contributed by atoms with Gasteiger partial charge < -0.3 is 10.4 Å². The monoisotopic (exact) mass is 186 g/mol. The van der Waals surface area contributed by atoms with Crippen molar-refractivity contribution in [1.82, 2.24) is 10.3 Å². The Bertz CT molecular complexity index is 240. The number of aliphatic hydroxyl groups is 1. The van der Waals surface area contributed by atoms with E-state index in [1.54, 1.807) is 11.3 Å². The molecule has 0 amide bonds. The third kappa shape index (κ3) is 2.03. The van der Waals surface area contributed by atoms with Gasteiger partial charge in [-0.05, 0) is 20.9 Å². The molecule has 12 heavy (non-hydrogen) atoms. The number of aryl methyl sites for hydroxylation is 2. The molecule has 1 aromatic rings. The summed E-state index contributed by atoms with van der Waals surface area (Å²) in [7, 11) is 1.82. The van der Waals surface area contributed by atoms with E-state index in [4.69, 9.17) is 0 Å². The summed E-state index contributed by atoms with van der Waals surface area (Å²) in [6, 6.07) is 0. The molecule has 1 aromatic heterocycles. The van der Waals surface area contributed by atoms with E-state index in [-0.39, 0.29) is 0 Å². The highest BCUT2D eigenvalue weighted by Crippen LogP contribution is 2.21. The van der Waals surface area contributed by atoms with Crippen LogP contribution in [0.5, 0.6) is 0 Å². The zero-order valence-electron chi connectivity index (χ0n) is 7.59. The SMILES string of the molecule is CNCC(O)c1nc(C)c(C)s1. The van der Waals surface area contributed by atoms with E-state index < -0.39 is 6.10 Å². The molecule has 0 aliphatic carbocycles. The lowest BCUT2D eigenvalue weighted by atomic mass is 10.3. The quantitative estimate of drug-likeness (QED) is 0.740. The molecule has 1 unspecified atom stereocenters. The standard InChI is InChI=1S/C8H14N2OS/c1-5-6(2)12-8(10-5)7(11)4-9-3/h7,9,11H,4H2,1-3H3. The van der Waals surface area contributed by atoms with Gasteiger partial charge in [0.1, 0.15) is 11.1 Å². The summed E-state index contributed by atoms with van der Waals surface area (Å²) in [5.41, 5.74) is 1.02. The largest absolute Gasteiger partial charge is 0.385 e. The summed E-state index contributed by atoms with van der Waals surface area (Å²) < 4.78 is 0. The van der Waals surface area contributed by atoms with Crippen molar-refractivity contribution in [3.05, 3.63) is 15.6 Å². The lowest BCUT2D eigenvalue weighted by Crippen LogP contribution is -2.16. The molecule has 68 valence electrons. The molecule has 3 nitrogen and oxygen atoms in total. The summed E-state index contributed by atoms with van der Waals surface area (Å²) in [5, 5.41) is 13.3. The first kappa shape index (κ1) is 9.64. The van der Waals surface area contributed by atoms with Crippen LogP contribution in [0.4, 0.5) is 0 Å². The number of hydrogen-bond acceptors (Lipinski definition) is 4. The third-order valence-corrected chi connectivity index (χ3v) is 2.90. The van der Waals surface area contributed by atoms with Crippen LogP contribution >= 0.6 is 11.3 Å². The minimum absolute atomic E-state index is 0.465. The molecule has 2 N–H and O–H groups in total. The van der Waals surface area contributed by atoms with Crippen LogP contribution in [-0.2, 0) is 0 Å². The second kappa shape index (κ2) is 3.98. The third-order valence-electron chi connectivity index (χ3n) is 1.73. The Labute approximate surface area is 76.5 Å². The zero-order chi connectivity index (χ0) is 9.14. The topological polar surface area (TPSA) is 45.1 Å². The number of rotatable bonds is 3. The van der Waals surface area contributed by atoms with Crippen molar-refractivity contribution < 1.29 is 5.11 Å². The Morgan fingerprint density at radius 3 is 2.67 bits per heavy atom. The van der Waals surface area contributed by atoms with Gasteiger partial charge in [-0.2, -0.15) is 0 Å². The Morgan fingerprint density at radius 1 is 1.58 bits per heavy atom. The predicted octanol–water partition coefficient (Wildman–Crippen LogP) is 1.01. The van der Waals surface area contributed by atoms with Crippen LogP contribution in [0.25, 0.3) is 0 Å². The highest BCUT2D eigenvalue weighted by atomic mass is 32.1. The van der Waals surface area contributed by atoms with Gasteiger partial charge in [0, 0.05) is 11.4 Å². The van der Waals surface area contributed by atoms with Gasteiger partial charge in [0.2, 0.25) is 0 Å². The number of hydrogen-bond donors (Lipinski definition) is 2. The first-order valence-electron chi connectivity index (χ1n) is 3.91. The fourth-order valence-electron chi connectivity index (χ4n) is 0.921. The van der Waals surface area contributed by atoms with E-state index in [9.17, 15) is 5.11 Å². The minimum atomic E-state index is -0.465. The molecule has 1 rings (SSSR count). The molecule has 4 heteroatoms. The minimum Gasteiger partial charge on any atom is -0.385 e. The summed E-state index contributed by atoms with van der Waals surface area (Å²) in [5.74, 6) is 0. The van der Waals surface area contributed by atoms with E-state index in [2.05, 4.69) is 10.3 Å². The molecule has 0 radical (unpaired) electrons. The maximum atomic E-state index is 9.54. The van der Waals surface area contributed by atoms with Crippen molar-refractivity contribution in [3.63, 3.8) is 0 Å². The summed E-state index contributed by atoms with van der Waals surface area (Å²) in [6.07, 6.45) is -0.465. The number of aliphatic hydroxyl groups excluding tert-OH is 1. The zero-order valence-corrected chi connectivity index (χ0v) is 8.40.